The molecule has 2 aromatic heterocycles. The Balaban J connectivity index is 1.59. The first kappa shape index (κ1) is 15.0. The van der Waals surface area contributed by atoms with Crippen molar-refractivity contribution in [2.24, 2.45) is 7.05 Å². The third-order valence-electron chi connectivity index (χ3n) is 4.57. The number of rotatable bonds is 2. The largest absolute Gasteiger partial charge is 0.467 e. The molecule has 1 aliphatic rings. The van der Waals surface area contributed by atoms with E-state index in [9.17, 15) is 4.79 Å². The zero-order chi connectivity index (χ0) is 16.7. The molecule has 1 atom stereocenters. The Bertz CT molecular complexity index is 882. The van der Waals surface area contributed by atoms with E-state index in [0.717, 1.165) is 22.6 Å². The lowest BCUT2D eigenvalue weighted by molar-refractivity contribution is -0.0321. The number of ether oxygens (including phenoxy) is 1. The topological polar surface area (TPSA) is 60.5 Å². The molecule has 1 unspecified atom stereocenters. The van der Waals surface area contributed by atoms with Gasteiger partial charge in [0.15, 0.2) is 0 Å². The van der Waals surface area contributed by atoms with Crippen LogP contribution in [-0.2, 0) is 11.8 Å². The van der Waals surface area contributed by atoms with E-state index in [1.165, 1.54) is 0 Å². The summed E-state index contributed by atoms with van der Waals surface area (Å²) in [7, 11) is 1.96. The lowest BCUT2D eigenvalue weighted by Crippen LogP contribution is -2.42. The summed E-state index contributed by atoms with van der Waals surface area (Å²) in [5.74, 6) is 1.69. The smallest absolute Gasteiger partial charge is 0.254 e. The maximum Gasteiger partial charge on any atom is 0.254 e. The molecule has 1 aliphatic heterocycles. The fraction of sp³-hybridized carbons (Fsp3) is 0.333. The van der Waals surface area contributed by atoms with Gasteiger partial charge in [-0.15, -0.1) is 0 Å². The molecule has 0 saturated carbocycles. The van der Waals surface area contributed by atoms with Gasteiger partial charge in [-0.2, -0.15) is 0 Å². The number of aryl methyl sites for hydroxylation is 2. The van der Waals surface area contributed by atoms with E-state index in [0.29, 0.717) is 25.3 Å². The van der Waals surface area contributed by atoms with Crippen LogP contribution in [0, 0.1) is 6.92 Å². The quantitative estimate of drug-likeness (QED) is 0.727. The predicted molar refractivity (Wildman–Crippen MR) is 88.8 cm³/mol. The minimum absolute atomic E-state index is 0.00982. The number of imidazole rings is 1. The molecule has 0 bridgehead atoms. The molecule has 24 heavy (non-hydrogen) atoms. The molecule has 3 heterocycles. The van der Waals surface area contributed by atoms with E-state index in [1.807, 2.05) is 53.8 Å². The van der Waals surface area contributed by atoms with E-state index in [4.69, 9.17) is 9.15 Å². The van der Waals surface area contributed by atoms with E-state index < -0.39 is 0 Å². The highest BCUT2D eigenvalue weighted by Gasteiger charge is 2.27. The molecular formula is C18H19N3O3. The number of furan rings is 1. The van der Waals surface area contributed by atoms with Gasteiger partial charge in [0.05, 0.1) is 30.4 Å². The van der Waals surface area contributed by atoms with Crippen molar-refractivity contribution < 1.29 is 13.9 Å². The Hall–Kier alpha value is -2.60. The van der Waals surface area contributed by atoms with Crippen molar-refractivity contribution in [3.05, 3.63) is 53.7 Å². The molecular weight excluding hydrogens is 306 g/mol. The molecule has 124 valence electrons. The van der Waals surface area contributed by atoms with Crippen LogP contribution < -0.4 is 0 Å². The van der Waals surface area contributed by atoms with Crippen LogP contribution in [0.5, 0.6) is 0 Å². The first-order valence-corrected chi connectivity index (χ1v) is 8.01. The van der Waals surface area contributed by atoms with Gasteiger partial charge in [-0.3, -0.25) is 4.79 Å². The summed E-state index contributed by atoms with van der Waals surface area (Å²) in [6.07, 6.45) is 1.42. The van der Waals surface area contributed by atoms with Crippen molar-refractivity contribution in [3.63, 3.8) is 0 Å². The molecule has 0 N–H and O–H groups in total. The summed E-state index contributed by atoms with van der Waals surface area (Å²) < 4.78 is 13.1. The van der Waals surface area contributed by atoms with Gasteiger partial charge in [-0.1, -0.05) is 0 Å². The Morgan fingerprint density at radius 1 is 1.33 bits per heavy atom. The van der Waals surface area contributed by atoms with Crippen molar-refractivity contribution in [2.75, 3.05) is 19.7 Å². The molecule has 0 radical (unpaired) electrons. The fourth-order valence-corrected chi connectivity index (χ4v) is 3.11. The number of nitrogens with zero attached hydrogens (tertiary/aromatic N) is 3. The van der Waals surface area contributed by atoms with Crippen LogP contribution in [0.25, 0.3) is 11.0 Å². The van der Waals surface area contributed by atoms with Crippen LogP contribution in [0.2, 0.25) is 0 Å². The average molecular weight is 325 g/mol. The Kier molecular flexibility index (Phi) is 3.61. The van der Waals surface area contributed by atoms with E-state index in [1.54, 1.807) is 6.26 Å². The number of hydrogen-bond acceptors (Lipinski definition) is 4. The van der Waals surface area contributed by atoms with Gasteiger partial charge in [-0.05, 0) is 37.3 Å². The molecule has 3 aromatic rings. The molecule has 1 fully saturated rings. The second kappa shape index (κ2) is 5.79. The van der Waals surface area contributed by atoms with Crippen LogP contribution >= 0.6 is 0 Å². The van der Waals surface area contributed by atoms with E-state index >= 15 is 0 Å². The first-order valence-electron chi connectivity index (χ1n) is 8.01. The predicted octanol–water partition coefficient (Wildman–Crippen LogP) is 2.69. The van der Waals surface area contributed by atoms with Gasteiger partial charge < -0.3 is 18.6 Å². The highest BCUT2D eigenvalue weighted by atomic mass is 16.5. The normalized spacial score (nSPS) is 18.2. The second-order valence-corrected chi connectivity index (χ2v) is 6.05. The van der Waals surface area contributed by atoms with Crippen molar-refractivity contribution in [1.82, 2.24) is 14.5 Å². The van der Waals surface area contributed by atoms with Crippen molar-refractivity contribution in [1.29, 1.82) is 0 Å². The SMILES string of the molecule is Cc1nc2ccc(C(=O)N3CCOC(c4ccco4)C3)cc2n1C. The van der Waals surface area contributed by atoms with Gasteiger partial charge in [0.1, 0.15) is 17.7 Å². The van der Waals surface area contributed by atoms with Crippen LogP contribution in [0.1, 0.15) is 28.0 Å². The van der Waals surface area contributed by atoms with Crippen molar-refractivity contribution in [3.8, 4) is 0 Å². The Labute approximate surface area is 139 Å². The lowest BCUT2D eigenvalue weighted by Gasteiger charge is -2.32. The molecule has 0 spiro atoms. The average Bonchev–Trinajstić information content (AvgIpc) is 3.24. The standard InChI is InChI=1S/C18H19N3O3/c1-12-19-14-6-5-13(10-15(14)20(12)2)18(22)21-7-9-24-17(11-21)16-4-3-8-23-16/h3-6,8,10,17H,7,9,11H2,1-2H3. The summed E-state index contributed by atoms with van der Waals surface area (Å²) >= 11 is 0. The Morgan fingerprint density at radius 3 is 3.00 bits per heavy atom. The van der Waals surface area contributed by atoms with Gasteiger partial charge in [0, 0.05) is 19.2 Å². The maximum atomic E-state index is 12.9. The highest BCUT2D eigenvalue weighted by molar-refractivity contribution is 5.97. The van der Waals surface area contributed by atoms with Crippen LogP contribution in [0.4, 0.5) is 0 Å². The second-order valence-electron chi connectivity index (χ2n) is 6.05. The highest BCUT2D eigenvalue weighted by Crippen LogP contribution is 2.24. The number of aromatic nitrogens is 2. The molecule has 4 rings (SSSR count). The minimum Gasteiger partial charge on any atom is -0.467 e. The zero-order valence-electron chi connectivity index (χ0n) is 13.7. The molecule has 1 saturated heterocycles. The third-order valence-corrected chi connectivity index (χ3v) is 4.57. The molecule has 1 amide bonds. The number of carbonyl (C=O) groups is 1. The fourth-order valence-electron chi connectivity index (χ4n) is 3.11. The summed E-state index contributed by atoms with van der Waals surface area (Å²) in [5, 5.41) is 0. The summed E-state index contributed by atoms with van der Waals surface area (Å²) in [6.45, 7) is 3.54. The number of morpholine rings is 1. The van der Waals surface area contributed by atoms with Crippen molar-refractivity contribution in [2.45, 2.75) is 13.0 Å². The molecule has 1 aromatic carbocycles. The lowest BCUT2D eigenvalue weighted by atomic mass is 10.1. The zero-order valence-corrected chi connectivity index (χ0v) is 13.7. The maximum absolute atomic E-state index is 12.9. The molecule has 6 nitrogen and oxygen atoms in total. The summed E-state index contributed by atoms with van der Waals surface area (Å²) in [5.41, 5.74) is 2.54. The summed E-state index contributed by atoms with van der Waals surface area (Å²) in [6, 6.07) is 9.37. The van der Waals surface area contributed by atoms with Gasteiger partial charge >= 0.3 is 0 Å². The van der Waals surface area contributed by atoms with Gasteiger partial charge in [0.2, 0.25) is 0 Å². The number of carbonyl (C=O) groups excluding carboxylic acids is 1. The van der Waals surface area contributed by atoms with Gasteiger partial charge in [-0.25, -0.2) is 4.98 Å². The van der Waals surface area contributed by atoms with E-state index in [2.05, 4.69) is 4.98 Å². The van der Waals surface area contributed by atoms with Crippen molar-refractivity contribution >= 4 is 16.9 Å². The minimum atomic E-state index is -0.208. The Morgan fingerprint density at radius 2 is 2.21 bits per heavy atom. The van der Waals surface area contributed by atoms with Crippen LogP contribution in [0.15, 0.2) is 41.0 Å². The van der Waals surface area contributed by atoms with Gasteiger partial charge in [0.25, 0.3) is 5.91 Å². The number of benzene rings is 1. The van der Waals surface area contributed by atoms with Crippen LogP contribution in [0.3, 0.4) is 0 Å². The molecule has 6 heteroatoms. The summed E-state index contributed by atoms with van der Waals surface area (Å²) in [4.78, 5) is 19.2. The third kappa shape index (κ3) is 2.49. The van der Waals surface area contributed by atoms with E-state index in [-0.39, 0.29) is 12.0 Å². The molecule has 0 aliphatic carbocycles. The number of fused-ring (bicyclic) bond motifs is 1. The monoisotopic (exact) mass is 325 g/mol. The first-order chi connectivity index (χ1) is 11.6. The van der Waals surface area contributed by atoms with Crippen LogP contribution in [-0.4, -0.2) is 40.1 Å². The number of hydrogen-bond donors (Lipinski definition) is 0. The number of amides is 1.